The summed E-state index contributed by atoms with van der Waals surface area (Å²) in [6.45, 7) is 10.3. The van der Waals surface area contributed by atoms with Gasteiger partial charge in [0.25, 0.3) is 0 Å². The van der Waals surface area contributed by atoms with Gasteiger partial charge in [0.15, 0.2) is 24.3 Å². The van der Waals surface area contributed by atoms with Crippen LogP contribution in [0.4, 0.5) is 0 Å². The summed E-state index contributed by atoms with van der Waals surface area (Å²) in [7, 11) is 1.62. The number of aliphatic hydroxyl groups is 1. The number of methoxy groups -OCH3 is 1. The molecule has 12 atom stereocenters. The average molecular weight is 569 g/mol. The van der Waals surface area contributed by atoms with E-state index in [-0.39, 0.29) is 56.1 Å². The third-order valence-corrected chi connectivity index (χ3v) is 10.7. The topological polar surface area (TPSA) is 136 Å². The minimum absolute atomic E-state index is 0.0310. The summed E-state index contributed by atoms with van der Waals surface area (Å²) in [5, 5.41) is 11.7. The van der Waals surface area contributed by atoms with E-state index in [1.807, 2.05) is 0 Å². The highest BCUT2D eigenvalue weighted by molar-refractivity contribution is 5.72. The molecule has 3 aliphatic heterocycles. The average Bonchev–Trinajstić information content (AvgIpc) is 3.44. The minimum atomic E-state index is -1.40. The Balaban J connectivity index is 1.58. The standard InChI is InChI=1S/C29H44O11/c1-14(2)25(33)40-24-19(32)11-20-27(6,21-9-18-10-23(34-7)39-26(18)38-21)15(3)8-22(37-17(5)31)28(20)12-36-29(24,28)13-35-16(4)30/h14-15,18-24,26,32H,8-13H2,1-7H3/t15-,18-,19?,20-,21?,22?,23?,24?,26?,27+,28+,29+/m0/s1. The lowest BCUT2D eigenvalue weighted by atomic mass is 9.38. The molecule has 5 fully saturated rings. The Hall–Kier alpha value is -1.79. The van der Waals surface area contributed by atoms with Crippen LogP contribution in [0.15, 0.2) is 0 Å². The molecule has 3 saturated heterocycles. The number of carbonyl (C=O) groups is 3. The molecule has 226 valence electrons. The van der Waals surface area contributed by atoms with Gasteiger partial charge in [-0.05, 0) is 31.1 Å². The maximum Gasteiger partial charge on any atom is 0.308 e. The lowest BCUT2D eigenvalue weighted by Gasteiger charge is -2.74. The van der Waals surface area contributed by atoms with Gasteiger partial charge < -0.3 is 38.3 Å². The molecule has 0 aromatic heterocycles. The van der Waals surface area contributed by atoms with Gasteiger partial charge in [0.2, 0.25) is 0 Å². The molecule has 40 heavy (non-hydrogen) atoms. The van der Waals surface area contributed by atoms with E-state index in [2.05, 4.69) is 13.8 Å². The first-order chi connectivity index (χ1) is 18.8. The first-order valence-corrected chi connectivity index (χ1v) is 14.5. The predicted octanol–water partition coefficient (Wildman–Crippen LogP) is 2.36. The largest absolute Gasteiger partial charge is 0.463 e. The molecule has 3 heterocycles. The van der Waals surface area contributed by atoms with E-state index in [1.165, 1.54) is 13.8 Å². The monoisotopic (exact) mass is 568 g/mol. The van der Waals surface area contributed by atoms with E-state index < -0.39 is 58.6 Å². The molecule has 11 heteroatoms. The summed E-state index contributed by atoms with van der Waals surface area (Å²) >= 11 is 0. The van der Waals surface area contributed by atoms with Gasteiger partial charge in [0.1, 0.15) is 12.7 Å². The molecule has 5 rings (SSSR count). The van der Waals surface area contributed by atoms with Gasteiger partial charge >= 0.3 is 17.9 Å². The molecule has 1 spiro atoms. The van der Waals surface area contributed by atoms with Crippen LogP contribution in [0.3, 0.4) is 0 Å². The lowest BCUT2D eigenvalue weighted by Crippen LogP contribution is -2.85. The second kappa shape index (κ2) is 10.5. The molecule has 2 aliphatic carbocycles. The predicted molar refractivity (Wildman–Crippen MR) is 137 cm³/mol. The molecule has 1 N–H and O–H groups in total. The Morgan fingerprint density at radius 3 is 2.30 bits per heavy atom. The zero-order valence-electron chi connectivity index (χ0n) is 24.5. The van der Waals surface area contributed by atoms with E-state index in [4.69, 9.17) is 33.2 Å². The van der Waals surface area contributed by atoms with Gasteiger partial charge in [-0.25, -0.2) is 0 Å². The minimum Gasteiger partial charge on any atom is -0.463 e. The van der Waals surface area contributed by atoms with Crippen molar-refractivity contribution in [2.75, 3.05) is 20.3 Å². The zero-order chi connectivity index (χ0) is 29.2. The van der Waals surface area contributed by atoms with Crippen molar-refractivity contribution >= 4 is 17.9 Å². The highest BCUT2D eigenvalue weighted by atomic mass is 16.8. The van der Waals surface area contributed by atoms with Crippen LogP contribution in [0.1, 0.15) is 67.2 Å². The number of aliphatic hydroxyl groups excluding tert-OH is 1. The Labute approximate surface area is 235 Å². The molecule has 11 nitrogen and oxygen atoms in total. The second-order valence-corrected chi connectivity index (χ2v) is 13.0. The summed E-state index contributed by atoms with van der Waals surface area (Å²) < 4.78 is 41.8. The van der Waals surface area contributed by atoms with E-state index in [1.54, 1.807) is 21.0 Å². The molecule has 2 saturated carbocycles. The van der Waals surface area contributed by atoms with Gasteiger partial charge in [-0.15, -0.1) is 0 Å². The number of rotatable bonds is 7. The van der Waals surface area contributed by atoms with Crippen molar-refractivity contribution in [2.45, 2.75) is 110 Å². The van der Waals surface area contributed by atoms with Crippen LogP contribution in [0, 0.1) is 34.5 Å². The molecular weight excluding hydrogens is 524 g/mol. The fourth-order valence-corrected chi connectivity index (χ4v) is 8.45. The molecule has 0 aromatic rings. The molecule has 0 aromatic carbocycles. The van der Waals surface area contributed by atoms with Crippen LogP contribution in [-0.4, -0.2) is 85.9 Å². The summed E-state index contributed by atoms with van der Waals surface area (Å²) in [4.78, 5) is 37.3. The van der Waals surface area contributed by atoms with Crippen molar-refractivity contribution in [3.05, 3.63) is 0 Å². The second-order valence-electron chi connectivity index (χ2n) is 13.0. The molecule has 6 unspecified atom stereocenters. The third-order valence-electron chi connectivity index (χ3n) is 10.7. The summed E-state index contributed by atoms with van der Waals surface area (Å²) in [5.74, 6) is -1.98. The Morgan fingerprint density at radius 1 is 1.02 bits per heavy atom. The van der Waals surface area contributed by atoms with Crippen LogP contribution in [0.25, 0.3) is 0 Å². The third kappa shape index (κ3) is 4.30. The number of carbonyl (C=O) groups excluding carboxylic acids is 3. The zero-order valence-corrected chi connectivity index (χ0v) is 24.5. The summed E-state index contributed by atoms with van der Waals surface area (Å²) in [6.07, 6.45) is -1.42. The van der Waals surface area contributed by atoms with Gasteiger partial charge in [0, 0.05) is 38.7 Å². The van der Waals surface area contributed by atoms with Gasteiger partial charge in [-0.3, -0.25) is 14.4 Å². The van der Waals surface area contributed by atoms with Crippen LogP contribution >= 0.6 is 0 Å². The van der Waals surface area contributed by atoms with Crippen molar-refractivity contribution < 1.29 is 52.6 Å². The van der Waals surface area contributed by atoms with Crippen molar-refractivity contribution in [1.82, 2.24) is 0 Å². The first-order valence-electron chi connectivity index (χ1n) is 14.5. The first kappa shape index (κ1) is 29.7. The number of fused-ring (bicyclic) bond motifs is 1. The van der Waals surface area contributed by atoms with Crippen LogP contribution in [0.5, 0.6) is 0 Å². The van der Waals surface area contributed by atoms with Gasteiger partial charge in [-0.2, -0.15) is 0 Å². The van der Waals surface area contributed by atoms with Crippen LogP contribution < -0.4 is 0 Å². The highest BCUT2D eigenvalue weighted by Gasteiger charge is 2.81. The Kier molecular flexibility index (Phi) is 7.78. The normalized spacial score (nSPS) is 47.5. The Morgan fingerprint density at radius 2 is 1.75 bits per heavy atom. The van der Waals surface area contributed by atoms with E-state index in [0.717, 1.165) is 12.8 Å². The van der Waals surface area contributed by atoms with E-state index in [0.29, 0.717) is 6.42 Å². The van der Waals surface area contributed by atoms with Crippen molar-refractivity contribution in [3.63, 3.8) is 0 Å². The van der Waals surface area contributed by atoms with Crippen LogP contribution in [0.2, 0.25) is 0 Å². The molecule has 0 bridgehead atoms. The fraction of sp³-hybridized carbons (Fsp3) is 0.897. The summed E-state index contributed by atoms with van der Waals surface area (Å²) in [6, 6.07) is 0. The maximum atomic E-state index is 12.9. The SMILES string of the molecule is COC1C[C@@H]2CC([C@]3(C)[C@@H](C)CC(OC(C)=O)[C@]45CO[C@]4(COC(C)=O)C(OC(=O)C(C)C)C(O)C[C@@H]35)OC2O1. The number of hydrogen-bond acceptors (Lipinski definition) is 11. The highest BCUT2D eigenvalue weighted by Crippen LogP contribution is 2.71. The maximum absolute atomic E-state index is 12.9. The molecule has 5 aliphatic rings. The quantitative estimate of drug-likeness (QED) is 0.358. The molecular formula is C29H44O11. The van der Waals surface area contributed by atoms with Crippen molar-refractivity contribution in [1.29, 1.82) is 0 Å². The van der Waals surface area contributed by atoms with Gasteiger partial charge in [0.05, 0.1) is 30.1 Å². The Bertz CT molecular complexity index is 1000. The van der Waals surface area contributed by atoms with Crippen LogP contribution in [-0.2, 0) is 47.5 Å². The van der Waals surface area contributed by atoms with Gasteiger partial charge in [-0.1, -0.05) is 27.7 Å². The number of esters is 3. The smallest absolute Gasteiger partial charge is 0.308 e. The molecule has 0 amide bonds. The van der Waals surface area contributed by atoms with E-state index >= 15 is 0 Å². The van der Waals surface area contributed by atoms with Crippen molar-refractivity contribution in [3.8, 4) is 0 Å². The van der Waals surface area contributed by atoms with Crippen molar-refractivity contribution in [2.24, 2.45) is 34.5 Å². The molecule has 0 radical (unpaired) electrons. The fourth-order valence-electron chi connectivity index (χ4n) is 8.45. The summed E-state index contributed by atoms with van der Waals surface area (Å²) in [5.41, 5.74) is -2.79. The lowest BCUT2D eigenvalue weighted by molar-refractivity contribution is -0.417. The number of hydrogen-bond donors (Lipinski definition) is 1. The number of ether oxygens (including phenoxy) is 7. The van der Waals surface area contributed by atoms with E-state index in [9.17, 15) is 19.5 Å².